The highest BCUT2D eigenvalue weighted by Crippen LogP contribution is 2.13. The summed E-state index contributed by atoms with van der Waals surface area (Å²) in [6.45, 7) is 0.961. The van der Waals surface area contributed by atoms with Gasteiger partial charge in [0.05, 0.1) is 0 Å². The van der Waals surface area contributed by atoms with Gasteiger partial charge in [-0.3, -0.25) is 4.79 Å². The predicted molar refractivity (Wildman–Crippen MR) is 56.6 cm³/mol. The summed E-state index contributed by atoms with van der Waals surface area (Å²) < 4.78 is 22.3. The number of ether oxygens (including phenoxy) is 2. The lowest BCUT2D eigenvalue weighted by Gasteiger charge is -2.13. The Balaban J connectivity index is 2.48. The Hall–Kier alpha value is -2.11. The average molecular weight is 241 g/mol. The second kappa shape index (κ2) is 5.83. The first-order valence-electron chi connectivity index (χ1n) is 4.86. The summed E-state index contributed by atoms with van der Waals surface area (Å²) in [7, 11) is 0. The second-order valence-corrected chi connectivity index (χ2v) is 3.29. The van der Waals surface area contributed by atoms with E-state index in [4.69, 9.17) is 10.5 Å². The van der Waals surface area contributed by atoms with Crippen molar-refractivity contribution in [1.82, 2.24) is 0 Å². The van der Waals surface area contributed by atoms with Gasteiger partial charge in [0.2, 0.25) is 0 Å². The first-order chi connectivity index (χ1) is 7.99. The van der Waals surface area contributed by atoms with Crippen LogP contribution in [-0.2, 0) is 14.3 Å². The third-order valence-corrected chi connectivity index (χ3v) is 1.82. The van der Waals surface area contributed by atoms with Gasteiger partial charge in [-0.1, -0.05) is 0 Å². The number of amides is 1. The van der Waals surface area contributed by atoms with E-state index < -0.39 is 30.4 Å². The molecule has 0 aliphatic carbocycles. The van der Waals surface area contributed by atoms with E-state index in [1.165, 1.54) is 31.2 Å². The predicted octanol–water partition coefficient (Wildman–Crippen LogP) is 0.621. The molecule has 0 spiro atoms. The number of carbonyl (C=O) groups excluding carboxylic acids is 2. The Bertz CT molecular complexity index is 404. The van der Waals surface area contributed by atoms with Gasteiger partial charge in [-0.25, -0.2) is 9.18 Å². The van der Waals surface area contributed by atoms with Gasteiger partial charge in [-0.15, -0.1) is 0 Å². The Morgan fingerprint density at radius 2 is 1.94 bits per heavy atom. The van der Waals surface area contributed by atoms with E-state index >= 15 is 0 Å². The van der Waals surface area contributed by atoms with Crippen LogP contribution in [0.25, 0.3) is 0 Å². The third kappa shape index (κ3) is 4.50. The molecule has 17 heavy (non-hydrogen) atoms. The summed E-state index contributed by atoms with van der Waals surface area (Å²) in [6.07, 6.45) is -0.903. The zero-order chi connectivity index (χ0) is 12.8. The number of benzene rings is 1. The molecule has 0 radical (unpaired) electrons. The molecule has 1 rings (SSSR count). The number of primary amides is 1. The quantitative estimate of drug-likeness (QED) is 0.766. The van der Waals surface area contributed by atoms with Crippen LogP contribution in [0.3, 0.4) is 0 Å². The molecule has 0 aromatic heterocycles. The first-order valence-corrected chi connectivity index (χ1v) is 4.86. The number of rotatable bonds is 5. The van der Waals surface area contributed by atoms with Gasteiger partial charge in [0.15, 0.2) is 12.7 Å². The highest BCUT2D eigenvalue weighted by molar-refractivity contribution is 5.80. The maximum absolute atomic E-state index is 12.6. The molecule has 0 heterocycles. The maximum atomic E-state index is 12.6. The Labute approximate surface area is 97.3 Å². The molecule has 0 fully saturated rings. The van der Waals surface area contributed by atoms with Gasteiger partial charge >= 0.3 is 5.97 Å². The van der Waals surface area contributed by atoms with Crippen molar-refractivity contribution in [2.45, 2.75) is 13.0 Å². The summed E-state index contributed by atoms with van der Waals surface area (Å²) >= 11 is 0. The molecule has 0 unspecified atom stereocenters. The minimum Gasteiger partial charge on any atom is -0.479 e. The van der Waals surface area contributed by atoms with Crippen LogP contribution in [0.5, 0.6) is 5.75 Å². The van der Waals surface area contributed by atoms with Gasteiger partial charge in [-0.05, 0) is 31.2 Å². The lowest BCUT2D eigenvalue weighted by molar-refractivity contribution is -0.154. The number of esters is 1. The van der Waals surface area contributed by atoms with Crippen LogP contribution in [0.4, 0.5) is 4.39 Å². The molecule has 2 N–H and O–H groups in total. The summed E-state index contributed by atoms with van der Waals surface area (Å²) in [5, 5.41) is 0. The standard InChI is InChI=1S/C11H12FNO4/c1-7(11(15)16-6-10(13)14)17-9-4-2-8(12)3-5-9/h2-5,7H,6H2,1H3,(H2,13,14)/t7-/m1/s1. The van der Waals surface area contributed by atoms with E-state index in [1.54, 1.807) is 0 Å². The molecule has 0 saturated carbocycles. The molecule has 0 bridgehead atoms. The van der Waals surface area contributed by atoms with Crippen molar-refractivity contribution in [2.75, 3.05) is 6.61 Å². The normalized spacial score (nSPS) is 11.6. The molecular formula is C11H12FNO4. The smallest absolute Gasteiger partial charge is 0.347 e. The summed E-state index contributed by atoms with van der Waals surface area (Å²) in [5.41, 5.74) is 4.81. The van der Waals surface area contributed by atoms with E-state index in [2.05, 4.69) is 4.74 Å². The number of halogens is 1. The second-order valence-electron chi connectivity index (χ2n) is 3.29. The Morgan fingerprint density at radius 3 is 2.47 bits per heavy atom. The Morgan fingerprint density at radius 1 is 1.35 bits per heavy atom. The number of carbonyl (C=O) groups is 2. The van der Waals surface area contributed by atoms with Crippen LogP contribution < -0.4 is 10.5 Å². The molecule has 1 atom stereocenters. The minimum atomic E-state index is -0.903. The molecule has 0 aliphatic heterocycles. The zero-order valence-electron chi connectivity index (χ0n) is 9.18. The summed E-state index contributed by atoms with van der Waals surface area (Å²) in [6, 6.07) is 5.17. The van der Waals surface area contributed by atoms with Crippen LogP contribution in [0, 0.1) is 5.82 Å². The van der Waals surface area contributed by atoms with Crippen molar-refractivity contribution in [2.24, 2.45) is 5.73 Å². The van der Waals surface area contributed by atoms with E-state index in [1.807, 2.05) is 0 Å². The van der Waals surface area contributed by atoms with Crippen LogP contribution in [0.1, 0.15) is 6.92 Å². The van der Waals surface area contributed by atoms with Gasteiger partial charge in [-0.2, -0.15) is 0 Å². The molecule has 0 saturated heterocycles. The van der Waals surface area contributed by atoms with Gasteiger partial charge in [0.1, 0.15) is 11.6 Å². The number of nitrogens with two attached hydrogens (primary N) is 1. The first kappa shape index (κ1) is 13.0. The highest BCUT2D eigenvalue weighted by Gasteiger charge is 2.16. The molecule has 1 aromatic carbocycles. The lowest BCUT2D eigenvalue weighted by atomic mass is 10.3. The monoisotopic (exact) mass is 241 g/mol. The van der Waals surface area contributed by atoms with Crippen LogP contribution >= 0.6 is 0 Å². The van der Waals surface area contributed by atoms with Crippen molar-refractivity contribution >= 4 is 11.9 Å². The zero-order valence-corrected chi connectivity index (χ0v) is 9.18. The third-order valence-electron chi connectivity index (χ3n) is 1.82. The van der Waals surface area contributed by atoms with Crippen molar-refractivity contribution in [3.8, 4) is 5.75 Å². The van der Waals surface area contributed by atoms with Crippen LogP contribution in [0.2, 0.25) is 0 Å². The molecule has 1 aromatic rings. The van der Waals surface area contributed by atoms with Crippen molar-refractivity contribution in [1.29, 1.82) is 0 Å². The van der Waals surface area contributed by atoms with Crippen molar-refractivity contribution in [3.05, 3.63) is 30.1 Å². The minimum absolute atomic E-state index is 0.329. The number of hydrogen-bond acceptors (Lipinski definition) is 4. The molecule has 0 aliphatic rings. The molecule has 92 valence electrons. The van der Waals surface area contributed by atoms with E-state index in [9.17, 15) is 14.0 Å². The van der Waals surface area contributed by atoms with E-state index in [-0.39, 0.29) is 0 Å². The fraction of sp³-hybridized carbons (Fsp3) is 0.273. The summed E-state index contributed by atoms with van der Waals surface area (Å²) in [4.78, 5) is 21.7. The van der Waals surface area contributed by atoms with Crippen LogP contribution in [0.15, 0.2) is 24.3 Å². The average Bonchev–Trinajstić information content (AvgIpc) is 2.28. The van der Waals surface area contributed by atoms with Crippen molar-refractivity contribution < 1.29 is 23.5 Å². The molecule has 6 heteroatoms. The molecular weight excluding hydrogens is 229 g/mol. The highest BCUT2D eigenvalue weighted by atomic mass is 19.1. The summed E-state index contributed by atoms with van der Waals surface area (Å²) in [5.74, 6) is -1.53. The van der Waals surface area contributed by atoms with Gasteiger partial charge in [0.25, 0.3) is 5.91 Å². The topological polar surface area (TPSA) is 78.6 Å². The Kier molecular flexibility index (Phi) is 4.45. The SMILES string of the molecule is C[C@@H](Oc1ccc(F)cc1)C(=O)OCC(N)=O. The molecule has 5 nitrogen and oxygen atoms in total. The van der Waals surface area contributed by atoms with E-state index in [0.29, 0.717) is 5.75 Å². The lowest BCUT2D eigenvalue weighted by Crippen LogP contribution is -2.29. The fourth-order valence-electron chi connectivity index (χ4n) is 1.03. The van der Waals surface area contributed by atoms with Crippen LogP contribution in [-0.4, -0.2) is 24.6 Å². The van der Waals surface area contributed by atoms with Crippen molar-refractivity contribution in [3.63, 3.8) is 0 Å². The largest absolute Gasteiger partial charge is 0.479 e. The van der Waals surface area contributed by atoms with Gasteiger partial charge in [0, 0.05) is 0 Å². The van der Waals surface area contributed by atoms with E-state index in [0.717, 1.165) is 0 Å². The fourth-order valence-corrected chi connectivity index (χ4v) is 1.03. The maximum Gasteiger partial charge on any atom is 0.347 e. The molecule has 1 amide bonds. The van der Waals surface area contributed by atoms with Gasteiger partial charge < -0.3 is 15.2 Å². The number of hydrogen-bond donors (Lipinski definition) is 1.